The molecule has 2 aromatic carbocycles. The Morgan fingerprint density at radius 1 is 1.11 bits per heavy atom. The van der Waals surface area contributed by atoms with E-state index < -0.39 is 0 Å². The molecule has 3 rings (SSSR count). The predicted octanol–water partition coefficient (Wildman–Crippen LogP) is 5.53. The molecule has 28 heavy (non-hydrogen) atoms. The van der Waals surface area contributed by atoms with Crippen molar-refractivity contribution in [1.82, 2.24) is 4.90 Å². The van der Waals surface area contributed by atoms with Crippen LogP contribution in [0.15, 0.2) is 53.4 Å². The van der Waals surface area contributed by atoms with E-state index >= 15 is 0 Å². The number of hydrogen-bond donors (Lipinski definition) is 0. The van der Waals surface area contributed by atoms with E-state index in [2.05, 4.69) is 55.1 Å². The fraction of sp³-hybridized carbons (Fsp3) is 0.458. The zero-order valence-corrected chi connectivity index (χ0v) is 18.0. The number of hydrogen-bond acceptors (Lipinski definition) is 3. The standard InChI is InChI=1S/C24H31NO2S/c1-18(2)28-23-13-7-19(8-14-23)16-24(26)25-15-5-4-6-21(17-25)20-9-11-22(27-3)12-10-20/h7-14,18,21H,4-6,15-17H2,1-3H3. The van der Waals surface area contributed by atoms with E-state index in [4.69, 9.17) is 4.74 Å². The second-order valence-electron chi connectivity index (χ2n) is 7.79. The Bertz CT molecular complexity index is 755. The number of benzene rings is 2. The minimum atomic E-state index is 0.240. The summed E-state index contributed by atoms with van der Waals surface area (Å²) >= 11 is 1.85. The van der Waals surface area contributed by atoms with E-state index in [1.54, 1.807) is 7.11 Å². The van der Waals surface area contributed by atoms with Crippen LogP contribution in [0.4, 0.5) is 0 Å². The molecular formula is C24H31NO2S. The van der Waals surface area contributed by atoms with Gasteiger partial charge in [0.05, 0.1) is 13.5 Å². The Balaban J connectivity index is 1.63. The van der Waals surface area contributed by atoms with E-state index in [9.17, 15) is 4.79 Å². The van der Waals surface area contributed by atoms with E-state index in [0.29, 0.717) is 17.6 Å². The van der Waals surface area contributed by atoms with Crippen molar-refractivity contribution < 1.29 is 9.53 Å². The molecule has 1 amide bonds. The first kappa shape index (κ1) is 20.8. The first-order valence-electron chi connectivity index (χ1n) is 10.2. The SMILES string of the molecule is COc1ccc(C2CCCCN(C(=O)Cc3ccc(SC(C)C)cc3)C2)cc1. The fourth-order valence-corrected chi connectivity index (χ4v) is 4.60. The van der Waals surface area contributed by atoms with Gasteiger partial charge >= 0.3 is 0 Å². The van der Waals surface area contributed by atoms with Crippen LogP contribution in [0.25, 0.3) is 0 Å². The second kappa shape index (κ2) is 10.0. The number of rotatable bonds is 6. The largest absolute Gasteiger partial charge is 0.497 e. The summed E-state index contributed by atoms with van der Waals surface area (Å²) in [6.45, 7) is 6.07. The number of methoxy groups -OCH3 is 1. The van der Waals surface area contributed by atoms with Crippen LogP contribution in [-0.4, -0.2) is 36.3 Å². The van der Waals surface area contributed by atoms with Gasteiger partial charge in [-0.15, -0.1) is 11.8 Å². The predicted molar refractivity (Wildman–Crippen MR) is 117 cm³/mol. The maximum absolute atomic E-state index is 13.0. The van der Waals surface area contributed by atoms with E-state index in [1.807, 2.05) is 23.9 Å². The summed E-state index contributed by atoms with van der Waals surface area (Å²) in [6.07, 6.45) is 3.88. The number of likely N-dealkylation sites (tertiary alicyclic amines) is 1. The molecule has 0 spiro atoms. The van der Waals surface area contributed by atoms with Gasteiger partial charge in [0.25, 0.3) is 0 Å². The van der Waals surface area contributed by atoms with Gasteiger partial charge in [0, 0.05) is 29.2 Å². The third kappa shape index (κ3) is 5.78. The molecule has 1 saturated heterocycles. The van der Waals surface area contributed by atoms with Crippen molar-refractivity contribution in [2.45, 2.75) is 55.6 Å². The van der Waals surface area contributed by atoms with E-state index in [-0.39, 0.29) is 5.91 Å². The molecule has 1 heterocycles. The highest BCUT2D eigenvalue weighted by molar-refractivity contribution is 7.99. The van der Waals surface area contributed by atoms with Crippen molar-refractivity contribution in [2.75, 3.05) is 20.2 Å². The van der Waals surface area contributed by atoms with Gasteiger partial charge in [-0.1, -0.05) is 44.5 Å². The first-order valence-corrected chi connectivity index (χ1v) is 11.1. The number of carbonyl (C=O) groups excluding carboxylic acids is 1. The Kier molecular flexibility index (Phi) is 7.43. The maximum atomic E-state index is 13.0. The molecule has 4 heteroatoms. The smallest absolute Gasteiger partial charge is 0.227 e. The van der Waals surface area contributed by atoms with Gasteiger partial charge in [-0.05, 0) is 48.2 Å². The molecule has 3 nitrogen and oxygen atoms in total. The summed E-state index contributed by atoms with van der Waals surface area (Å²) in [4.78, 5) is 16.3. The van der Waals surface area contributed by atoms with Crippen molar-refractivity contribution in [3.05, 3.63) is 59.7 Å². The zero-order chi connectivity index (χ0) is 19.9. The minimum absolute atomic E-state index is 0.240. The summed E-state index contributed by atoms with van der Waals surface area (Å²) < 4.78 is 5.27. The third-order valence-corrected chi connectivity index (χ3v) is 6.28. The third-order valence-electron chi connectivity index (χ3n) is 5.26. The molecule has 1 aliphatic heterocycles. The molecule has 1 fully saturated rings. The van der Waals surface area contributed by atoms with Crippen molar-refractivity contribution in [1.29, 1.82) is 0 Å². The number of carbonyl (C=O) groups is 1. The molecule has 0 bridgehead atoms. The monoisotopic (exact) mass is 397 g/mol. The van der Waals surface area contributed by atoms with Gasteiger partial charge in [-0.3, -0.25) is 4.79 Å². The van der Waals surface area contributed by atoms with Gasteiger partial charge in [0.1, 0.15) is 5.75 Å². The molecule has 0 saturated carbocycles. The topological polar surface area (TPSA) is 29.5 Å². The van der Waals surface area contributed by atoms with Gasteiger partial charge in [-0.2, -0.15) is 0 Å². The number of nitrogens with zero attached hydrogens (tertiary/aromatic N) is 1. The summed E-state index contributed by atoms with van der Waals surface area (Å²) in [7, 11) is 1.69. The lowest BCUT2D eigenvalue weighted by molar-refractivity contribution is -0.130. The molecule has 0 N–H and O–H groups in total. The molecule has 2 aromatic rings. The van der Waals surface area contributed by atoms with E-state index in [0.717, 1.165) is 37.2 Å². The Morgan fingerprint density at radius 2 is 1.82 bits per heavy atom. The van der Waals surface area contributed by atoms with Gasteiger partial charge in [-0.25, -0.2) is 0 Å². The lowest BCUT2D eigenvalue weighted by atomic mass is 9.94. The van der Waals surface area contributed by atoms with Crippen molar-refractivity contribution in [2.24, 2.45) is 0 Å². The summed E-state index contributed by atoms with van der Waals surface area (Å²) in [6, 6.07) is 16.8. The van der Waals surface area contributed by atoms with Crippen LogP contribution in [0.2, 0.25) is 0 Å². The fourth-order valence-electron chi connectivity index (χ4n) is 3.76. The van der Waals surface area contributed by atoms with Crippen LogP contribution in [0.3, 0.4) is 0 Å². The Morgan fingerprint density at radius 3 is 2.46 bits per heavy atom. The van der Waals surface area contributed by atoms with Crippen LogP contribution in [-0.2, 0) is 11.2 Å². The van der Waals surface area contributed by atoms with Crippen LogP contribution in [0, 0.1) is 0 Å². The van der Waals surface area contributed by atoms with Gasteiger partial charge in [0.15, 0.2) is 0 Å². The first-order chi connectivity index (χ1) is 13.5. The van der Waals surface area contributed by atoms with Crippen LogP contribution in [0.1, 0.15) is 50.2 Å². The Hall–Kier alpha value is -1.94. The maximum Gasteiger partial charge on any atom is 0.227 e. The highest BCUT2D eigenvalue weighted by atomic mass is 32.2. The average molecular weight is 398 g/mol. The number of thioether (sulfide) groups is 1. The second-order valence-corrected chi connectivity index (χ2v) is 9.44. The molecule has 0 aliphatic carbocycles. The summed E-state index contributed by atoms with van der Waals surface area (Å²) in [5.41, 5.74) is 2.40. The molecular weight excluding hydrogens is 366 g/mol. The van der Waals surface area contributed by atoms with E-state index in [1.165, 1.54) is 16.9 Å². The molecule has 1 unspecified atom stereocenters. The molecule has 1 aliphatic rings. The quantitative estimate of drug-likeness (QED) is 0.600. The molecule has 150 valence electrons. The number of amides is 1. The summed E-state index contributed by atoms with van der Waals surface area (Å²) in [5.74, 6) is 1.52. The summed E-state index contributed by atoms with van der Waals surface area (Å²) in [5, 5.41) is 0.569. The van der Waals surface area contributed by atoms with Crippen molar-refractivity contribution in [3.63, 3.8) is 0 Å². The average Bonchev–Trinajstić information content (AvgIpc) is 2.95. The van der Waals surface area contributed by atoms with Crippen LogP contribution >= 0.6 is 11.8 Å². The normalized spacial score (nSPS) is 17.4. The lowest BCUT2D eigenvalue weighted by Crippen LogP contribution is -2.35. The molecule has 1 atom stereocenters. The van der Waals surface area contributed by atoms with Gasteiger partial charge < -0.3 is 9.64 Å². The van der Waals surface area contributed by atoms with Crippen molar-refractivity contribution >= 4 is 17.7 Å². The molecule has 0 aromatic heterocycles. The Labute approximate surface area is 173 Å². The number of ether oxygens (including phenoxy) is 1. The highest BCUT2D eigenvalue weighted by Gasteiger charge is 2.23. The zero-order valence-electron chi connectivity index (χ0n) is 17.2. The molecule has 0 radical (unpaired) electrons. The van der Waals surface area contributed by atoms with Gasteiger partial charge in [0.2, 0.25) is 5.91 Å². The highest BCUT2D eigenvalue weighted by Crippen LogP contribution is 2.28. The van der Waals surface area contributed by atoms with Crippen LogP contribution in [0.5, 0.6) is 5.75 Å². The lowest BCUT2D eigenvalue weighted by Gasteiger charge is -2.25. The van der Waals surface area contributed by atoms with Crippen LogP contribution < -0.4 is 4.74 Å². The van der Waals surface area contributed by atoms with Crippen molar-refractivity contribution in [3.8, 4) is 5.75 Å². The minimum Gasteiger partial charge on any atom is -0.497 e.